The maximum Gasteiger partial charge on any atom is 0.321 e. The molecule has 2 aromatic carbocycles. The number of benzene rings is 2. The van der Waals surface area contributed by atoms with Crippen LogP contribution in [0.4, 0.5) is 19.7 Å². The number of amides is 4. The van der Waals surface area contributed by atoms with Crippen LogP contribution in [-0.4, -0.2) is 59.0 Å². The molecule has 6 nitrogen and oxygen atoms in total. The highest BCUT2D eigenvalue weighted by molar-refractivity contribution is 5.89. The van der Waals surface area contributed by atoms with E-state index in [4.69, 9.17) is 0 Å². The molecule has 4 rings (SSSR count). The van der Waals surface area contributed by atoms with E-state index < -0.39 is 0 Å². The summed E-state index contributed by atoms with van der Waals surface area (Å²) in [5.74, 6) is -0.272. The lowest BCUT2D eigenvalue weighted by Gasteiger charge is -2.36. The third kappa shape index (κ3) is 4.50. The summed E-state index contributed by atoms with van der Waals surface area (Å²) in [4.78, 5) is 30.8. The number of hydrogen-bond acceptors (Lipinski definition) is 2. The average molecular weight is 396 g/mol. The van der Waals surface area contributed by atoms with E-state index in [1.165, 1.54) is 12.1 Å². The molecule has 2 saturated heterocycles. The number of para-hydroxylation sites is 1. The van der Waals surface area contributed by atoms with Gasteiger partial charge in [0.25, 0.3) is 0 Å². The van der Waals surface area contributed by atoms with Crippen LogP contribution in [-0.2, 0) is 6.54 Å². The van der Waals surface area contributed by atoms with E-state index in [-0.39, 0.29) is 23.9 Å². The van der Waals surface area contributed by atoms with Crippen molar-refractivity contribution in [2.75, 3.05) is 31.5 Å². The minimum Gasteiger partial charge on any atom is -0.324 e. The van der Waals surface area contributed by atoms with E-state index in [1.54, 1.807) is 17.0 Å². The van der Waals surface area contributed by atoms with E-state index in [9.17, 15) is 14.0 Å². The molecule has 4 amide bonds. The second-order valence-electron chi connectivity index (χ2n) is 7.54. The topological polar surface area (TPSA) is 55.9 Å². The van der Waals surface area contributed by atoms with Gasteiger partial charge in [0.2, 0.25) is 0 Å². The van der Waals surface area contributed by atoms with Crippen molar-refractivity contribution in [3.05, 3.63) is 66.0 Å². The van der Waals surface area contributed by atoms with Crippen LogP contribution >= 0.6 is 0 Å². The van der Waals surface area contributed by atoms with Crippen LogP contribution in [0, 0.1) is 5.82 Å². The van der Waals surface area contributed by atoms with Crippen LogP contribution < -0.4 is 5.32 Å². The van der Waals surface area contributed by atoms with Crippen molar-refractivity contribution in [3.8, 4) is 0 Å². The SMILES string of the molecule is O=C(Nc1ccccc1)N1CCC(N2CCN(Cc3ccc(F)cc3)C2=O)CC1. The number of rotatable bonds is 4. The molecule has 29 heavy (non-hydrogen) atoms. The molecule has 0 atom stereocenters. The zero-order chi connectivity index (χ0) is 20.2. The van der Waals surface area contributed by atoms with Gasteiger partial charge in [-0.25, -0.2) is 14.0 Å². The molecule has 0 aliphatic carbocycles. The molecule has 0 spiro atoms. The summed E-state index contributed by atoms with van der Waals surface area (Å²) in [5, 5.41) is 2.91. The van der Waals surface area contributed by atoms with Crippen molar-refractivity contribution in [3.63, 3.8) is 0 Å². The van der Waals surface area contributed by atoms with Crippen LogP contribution in [0.2, 0.25) is 0 Å². The summed E-state index contributed by atoms with van der Waals surface area (Å²) < 4.78 is 13.1. The zero-order valence-corrected chi connectivity index (χ0v) is 16.3. The molecule has 2 heterocycles. The largest absolute Gasteiger partial charge is 0.324 e. The van der Waals surface area contributed by atoms with Crippen LogP contribution in [0.5, 0.6) is 0 Å². The molecule has 152 valence electrons. The summed E-state index contributed by atoms with van der Waals surface area (Å²) in [6.45, 7) is 3.12. The number of piperidine rings is 1. The number of nitrogens with one attached hydrogen (secondary N) is 1. The zero-order valence-electron chi connectivity index (χ0n) is 16.3. The number of anilines is 1. The van der Waals surface area contributed by atoms with Crippen molar-refractivity contribution in [1.82, 2.24) is 14.7 Å². The summed E-state index contributed by atoms with van der Waals surface area (Å²) >= 11 is 0. The van der Waals surface area contributed by atoms with Gasteiger partial charge in [0.1, 0.15) is 5.82 Å². The van der Waals surface area contributed by atoms with E-state index >= 15 is 0 Å². The number of halogens is 1. The quantitative estimate of drug-likeness (QED) is 0.856. The third-order valence-corrected chi connectivity index (χ3v) is 5.63. The van der Waals surface area contributed by atoms with Crippen molar-refractivity contribution in [2.45, 2.75) is 25.4 Å². The fraction of sp³-hybridized carbons (Fsp3) is 0.364. The maximum absolute atomic E-state index is 13.1. The number of hydrogen-bond donors (Lipinski definition) is 1. The number of nitrogens with zero attached hydrogens (tertiary/aromatic N) is 3. The van der Waals surface area contributed by atoms with E-state index in [0.29, 0.717) is 32.7 Å². The van der Waals surface area contributed by atoms with Gasteiger partial charge in [0, 0.05) is 44.5 Å². The van der Waals surface area contributed by atoms with E-state index in [1.807, 2.05) is 40.1 Å². The lowest BCUT2D eigenvalue weighted by atomic mass is 10.0. The predicted molar refractivity (Wildman–Crippen MR) is 109 cm³/mol. The maximum atomic E-state index is 13.1. The molecule has 2 aliphatic heterocycles. The first-order valence-electron chi connectivity index (χ1n) is 10.0. The first-order chi connectivity index (χ1) is 14.1. The Labute approximate surface area is 169 Å². The Kier molecular flexibility index (Phi) is 5.64. The average Bonchev–Trinajstić information content (AvgIpc) is 3.11. The summed E-state index contributed by atoms with van der Waals surface area (Å²) in [5.41, 5.74) is 1.71. The van der Waals surface area contributed by atoms with Gasteiger partial charge in [-0.05, 0) is 42.7 Å². The highest BCUT2D eigenvalue weighted by atomic mass is 19.1. The first-order valence-corrected chi connectivity index (χ1v) is 10.0. The van der Waals surface area contributed by atoms with Crippen LogP contribution in [0.1, 0.15) is 18.4 Å². The number of carbonyl (C=O) groups excluding carboxylic acids is 2. The van der Waals surface area contributed by atoms with Gasteiger partial charge in [-0.1, -0.05) is 30.3 Å². The Balaban J connectivity index is 1.28. The van der Waals surface area contributed by atoms with Gasteiger partial charge in [0.05, 0.1) is 0 Å². The number of urea groups is 2. The van der Waals surface area contributed by atoms with Crippen LogP contribution in [0.3, 0.4) is 0 Å². The lowest BCUT2D eigenvalue weighted by molar-refractivity contribution is 0.139. The molecule has 0 saturated carbocycles. The summed E-state index contributed by atoms with van der Waals surface area (Å²) in [6.07, 6.45) is 1.55. The summed E-state index contributed by atoms with van der Waals surface area (Å²) in [6, 6.07) is 15.8. The molecular weight excluding hydrogens is 371 g/mol. The van der Waals surface area contributed by atoms with Crippen molar-refractivity contribution in [2.24, 2.45) is 0 Å². The Morgan fingerprint density at radius 2 is 1.66 bits per heavy atom. The van der Waals surface area contributed by atoms with Crippen molar-refractivity contribution < 1.29 is 14.0 Å². The fourth-order valence-electron chi connectivity index (χ4n) is 4.00. The minimum atomic E-state index is -0.272. The molecule has 7 heteroatoms. The Morgan fingerprint density at radius 3 is 2.34 bits per heavy atom. The van der Waals surface area contributed by atoms with Gasteiger partial charge < -0.3 is 20.0 Å². The molecule has 1 N–H and O–H groups in total. The predicted octanol–water partition coefficient (Wildman–Crippen LogP) is 3.76. The molecule has 0 radical (unpaired) electrons. The number of carbonyl (C=O) groups is 2. The molecule has 2 aliphatic rings. The van der Waals surface area contributed by atoms with Gasteiger partial charge >= 0.3 is 12.1 Å². The third-order valence-electron chi connectivity index (χ3n) is 5.63. The molecule has 0 aromatic heterocycles. The van der Waals surface area contributed by atoms with Gasteiger partial charge in [-0.15, -0.1) is 0 Å². The van der Waals surface area contributed by atoms with Gasteiger partial charge in [-0.3, -0.25) is 0 Å². The first kappa shape index (κ1) is 19.2. The lowest BCUT2D eigenvalue weighted by Crippen LogP contribution is -2.49. The number of likely N-dealkylation sites (tertiary alicyclic amines) is 1. The molecular formula is C22H25FN4O2. The molecule has 0 unspecified atom stereocenters. The van der Waals surface area contributed by atoms with E-state index in [2.05, 4.69) is 5.32 Å². The minimum absolute atomic E-state index is 0.0292. The van der Waals surface area contributed by atoms with E-state index in [0.717, 1.165) is 24.1 Å². The van der Waals surface area contributed by atoms with Crippen LogP contribution in [0.25, 0.3) is 0 Å². The van der Waals surface area contributed by atoms with Crippen molar-refractivity contribution in [1.29, 1.82) is 0 Å². The smallest absolute Gasteiger partial charge is 0.321 e. The molecule has 2 aromatic rings. The normalized spacial score (nSPS) is 17.7. The van der Waals surface area contributed by atoms with Gasteiger partial charge in [0.15, 0.2) is 0 Å². The van der Waals surface area contributed by atoms with Crippen LogP contribution in [0.15, 0.2) is 54.6 Å². The standard InChI is InChI=1S/C22H25FN4O2/c23-18-8-6-17(7-9-18)16-26-14-15-27(22(26)29)20-10-12-25(13-11-20)21(28)24-19-4-2-1-3-5-19/h1-9,20H,10-16H2,(H,24,28). The molecule has 0 bridgehead atoms. The monoisotopic (exact) mass is 396 g/mol. The Bertz CT molecular complexity index is 851. The van der Waals surface area contributed by atoms with Gasteiger partial charge in [-0.2, -0.15) is 0 Å². The Hall–Kier alpha value is -3.09. The molecule has 2 fully saturated rings. The highest BCUT2D eigenvalue weighted by Gasteiger charge is 2.35. The second-order valence-corrected chi connectivity index (χ2v) is 7.54. The Morgan fingerprint density at radius 1 is 0.966 bits per heavy atom. The second kappa shape index (κ2) is 8.51. The summed E-state index contributed by atoms with van der Waals surface area (Å²) in [7, 11) is 0. The van der Waals surface area contributed by atoms with Crippen molar-refractivity contribution >= 4 is 17.7 Å². The highest BCUT2D eigenvalue weighted by Crippen LogP contribution is 2.23. The fourth-order valence-corrected chi connectivity index (χ4v) is 4.00.